The van der Waals surface area contributed by atoms with E-state index in [4.69, 9.17) is 9.47 Å². The van der Waals surface area contributed by atoms with E-state index >= 15 is 0 Å². The van der Waals surface area contributed by atoms with Gasteiger partial charge in [0.25, 0.3) is 0 Å². The number of hydrogen-bond acceptors (Lipinski definition) is 4. The van der Waals surface area contributed by atoms with E-state index in [1.54, 1.807) is 18.2 Å². The van der Waals surface area contributed by atoms with Crippen LogP contribution in [0.4, 0.5) is 4.39 Å². The predicted molar refractivity (Wildman–Crippen MR) is 109 cm³/mol. The molecule has 5 nitrogen and oxygen atoms in total. The number of nitrogens with one attached hydrogen (secondary N) is 1. The summed E-state index contributed by atoms with van der Waals surface area (Å²) in [7, 11) is 2.76. The number of pyridine rings is 1. The number of esters is 1. The summed E-state index contributed by atoms with van der Waals surface area (Å²) < 4.78 is 24.2. The lowest BCUT2D eigenvalue weighted by Gasteiger charge is -2.07. The van der Waals surface area contributed by atoms with Gasteiger partial charge in [-0.25, -0.2) is 14.2 Å². The zero-order chi connectivity index (χ0) is 20.4. The summed E-state index contributed by atoms with van der Waals surface area (Å²) in [5.74, 6) is -0.746. The van der Waals surface area contributed by atoms with Crippen molar-refractivity contribution in [3.63, 3.8) is 0 Å². The minimum Gasteiger partial charge on any atom is -0.494 e. The fourth-order valence-electron chi connectivity index (χ4n) is 3.42. The fraction of sp³-hybridized carbons (Fsp3) is 0.130. The molecule has 146 valence electrons. The fourth-order valence-corrected chi connectivity index (χ4v) is 3.42. The Balaban J connectivity index is 1.88. The molecule has 0 aliphatic carbocycles. The lowest BCUT2D eigenvalue weighted by Crippen LogP contribution is -2.06. The topological polar surface area (TPSA) is 64.2 Å². The van der Waals surface area contributed by atoms with Gasteiger partial charge in [-0.1, -0.05) is 36.4 Å². The SMILES string of the molecule is COC(=O)c1cccc(Cc2c(-c3ccccc3)[nH]c3cc(F)c(OC)cc23)n1. The average Bonchev–Trinajstić information content (AvgIpc) is 3.10. The first-order chi connectivity index (χ1) is 14.1. The molecule has 29 heavy (non-hydrogen) atoms. The average molecular weight is 390 g/mol. The molecule has 2 aromatic heterocycles. The van der Waals surface area contributed by atoms with Crippen molar-refractivity contribution in [1.82, 2.24) is 9.97 Å². The van der Waals surface area contributed by atoms with E-state index in [1.807, 2.05) is 36.4 Å². The molecule has 0 saturated carbocycles. The number of nitrogens with zero attached hydrogens (tertiary/aromatic N) is 1. The number of methoxy groups -OCH3 is 2. The highest BCUT2D eigenvalue weighted by Gasteiger charge is 2.18. The molecule has 0 aliphatic heterocycles. The summed E-state index contributed by atoms with van der Waals surface area (Å²) in [4.78, 5) is 19.6. The second kappa shape index (κ2) is 7.75. The van der Waals surface area contributed by atoms with Crippen LogP contribution in [0.15, 0.2) is 60.7 Å². The van der Waals surface area contributed by atoms with Crippen LogP contribution in [0.5, 0.6) is 5.75 Å². The highest BCUT2D eigenvalue weighted by Crippen LogP contribution is 2.35. The van der Waals surface area contributed by atoms with Gasteiger partial charge in [0.15, 0.2) is 11.6 Å². The van der Waals surface area contributed by atoms with E-state index in [2.05, 4.69) is 9.97 Å². The van der Waals surface area contributed by atoms with Crippen LogP contribution < -0.4 is 4.74 Å². The number of halogens is 1. The van der Waals surface area contributed by atoms with Gasteiger partial charge in [-0.15, -0.1) is 0 Å². The van der Waals surface area contributed by atoms with Crippen molar-refractivity contribution >= 4 is 16.9 Å². The second-order valence-electron chi connectivity index (χ2n) is 6.56. The van der Waals surface area contributed by atoms with Gasteiger partial charge in [-0.3, -0.25) is 0 Å². The summed E-state index contributed by atoms with van der Waals surface area (Å²) in [5.41, 5.74) is 4.41. The van der Waals surface area contributed by atoms with Crippen LogP contribution in [0.2, 0.25) is 0 Å². The molecule has 0 atom stereocenters. The maximum Gasteiger partial charge on any atom is 0.356 e. The molecule has 4 aromatic rings. The Morgan fingerprint density at radius 1 is 1.07 bits per heavy atom. The summed E-state index contributed by atoms with van der Waals surface area (Å²) in [6.07, 6.45) is 0.448. The molecule has 0 aliphatic rings. The van der Waals surface area contributed by atoms with Crippen LogP contribution in [-0.4, -0.2) is 30.2 Å². The van der Waals surface area contributed by atoms with Crippen molar-refractivity contribution in [3.05, 3.63) is 83.4 Å². The van der Waals surface area contributed by atoms with E-state index < -0.39 is 11.8 Å². The number of ether oxygens (including phenoxy) is 2. The third-order valence-corrected chi connectivity index (χ3v) is 4.80. The lowest BCUT2D eigenvalue weighted by molar-refractivity contribution is 0.0593. The molecule has 0 bridgehead atoms. The molecule has 0 spiro atoms. The number of carbonyl (C=O) groups excluding carboxylic acids is 1. The third-order valence-electron chi connectivity index (χ3n) is 4.80. The Labute approximate surface area is 167 Å². The minimum absolute atomic E-state index is 0.175. The van der Waals surface area contributed by atoms with Gasteiger partial charge in [0.2, 0.25) is 0 Å². The number of aromatic amines is 1. The maximum absolute atomic E-state index is 14.3. The highest BCUT2D eigenvalue weighted by molar-refractivity contribution is 5.92. The van der Waals surface area contributed by atoms with Gasteiger partial charge < -0.3 is 14.5 Å². The van der Waals surface area contributed by atoms with E-state index in [1.165, 1.54) is 20.3 Å². The van der Waals surface area contributed by atoms with Gasteiger partial charge in [0.1, 0.15) is 5.69 Å². The van der Waals surface area contributed by atoms with Crippen molar-refractivity contribution in [1.29, 1.82) is 0 Å². The molecule has 0 radical (unpaired) electrons. The number of hydrogen-bond donors (Lipinski definition) is 1. The third kappa shape index (κ3) is 3.57. The number of H-pyrrole nitrogens is 1. The highest BCUT2D eigenvalue weighted by atomic mass is 19.1. The second-order valence-corrected chi connectivity index (χ2v) is 6.56. The van der Waals surface area contributed by atoms with Gasteiger partial charge >= 0.3 is 5.97 Å². The van der Waals surface area contributed by atoms with Crippen LogP contribution in [0.3, 0.4) is 0 Å². The van der Waals surface area contributed by atoms with Crippen LogP contribution in [0.25, 0.3) is 22.2 Å². The molecule has 6 heteroatoms. The largest absolute Gasteiger partial charge is 0.494 e. The van der Waals surface area contributed by atoms with Crippen molar-refractivity contribution < 1.29 is 18.7 Å². The molecule has 0 unspecified atom stereocenters. The smallest absolute Gasteiger partial charge is 0.356 e. The molecule has 2 aromatic carbocycles. The standard InChI is InChI=1S/C23H19FN2O3/c1-28-21-12-16-17(11-15-9-6-10-19(25-15)23(27)29-2)22(14-7-4-3-5-8-14)26-20(16)13-18(21)24/h3-10,12-13,26H,11H2,1-2H3. The van der Waals surface area contributed by atoms with E-state index in [9.17, 15) is 9.18 Å². The van der Waals surface area contributed by atoms with Crippen molar-refractivity contribution in [2.75, 3.05) is 14.2 Å². The molecule has 0 fully saturated rings. The number of benzene rings is 2. The summed E-state index contributed by atoms with van der Waals surface area (Å²) in [6, 6.07) is 18.2. The molecular weight excluding hydrogens is 371 g/mol. The Kier molecular flexibility index (Phi) is 4.99. The Bertz CT molecular complexity index is 1190. The number of rotatable bonds is 5. The zero-order valence-corrected chi connectivity index (χ0v) is 16.0. The first-order valence-corrected chi connectivity index (χ1v) is 9.08. The predicted octanol–water partition coefficient (Wildman–Crippen LogP) is 4.76. The van der Waals surface area contributed by atoms with Crippen LogP contribution in [0.1, 0.15) is 21.7 Å². The van der Waals surface area contributed by atoms with Crippen LogP contribution in [-0.2, 0) is 11.2 Å². The van der Waals surface area contributed by atoms with Gasteiger partial charge in [0, 0.05) is 29.1 Å². The zero-order valence-electron chi connectivity index (χ0n) is 16.0. The summed E-state index contributed by atoms with van der Waals surface area (Å²) in [5, 5.41) is 0.840. The summed E-state index contributed by atoms with van der Waals surface area (Å²) in [6.45, 7) is 0. The minimum atomic E-state index is -0.488. The molecule has 4 rings (SSSR count). The van der Waals surface area contributed by atoms with Crippen molar-refractivity contribution in [2.45, 2.75) is 6.42 Å². The van der Waals surface area contributed by atoms with Crippen molar-refractivity contribution in [2.24, 2.45) is 0 Å². The molecule has 2 heterocycles. The maximum atomic E-state index is 14.3. The number of carbonyl (C=O) groups is 1. The Morgan fingerprint density at radius 2 is 1.86 bits per heavy atom. The number of aromatic nitrogens is 2. The molecule has 0 amide bonds. The van der Waals surface area contributed by atoms with Gasteiger partial charge in [-0.2, -0.15) is 0 Å². The number of fused-ring (bicyclic) bond motifs is 1. The van der Waals surface area contributed by atoms with Crippen LogP contribution in [0, 0.1) is 5.82 Å². The first kappa shape index (κ1) is 18.7. The molecule has 0 saturated heterocycles. The van der Waals surface area contributed by atoms with Gasteiger partial charge in [-0.05, 0) is 29.3 Å². The van der Waals surface area contributed by atoms with E-state index in [0.29, 0.717) is 17.6 Å². The summed E-state index contributed by atoms with van der Waals surface area (Å²) >= 11 is 0. The van der Waals surface area contributed by atoms with E-state index in [0.717, 1.165) is 22.2 Å². The molecular formula is C23H19FN2O3. The monoisotopic (exact) mass is 390 g/mol. The van der Waals surface area contributed by atoms with Crippen LogP contribution >= 0.6 is 0 Å². The quantitative estimate of drug-likeness (QED) is 0.499. The normalized spacial score (nSPS) is 10.9. The Hall–Kier alpha value is -3.67. The molecule has 1 N–H and O–H groups in total. The Morgan fingerprint density at radius 3 is 2.59 bits per heavy atom. The van der Waals surface area contributed by atoms with E-state index in [-0.39, 0.29) is 11.4 Å². The van der Waals surface area contributed by atoms with Gasteiger partial charge in [0.05, 0.1) is 19.9 Å². The lowest BCUT2D eigenvalue weighted by atomic mass is 10.0. The first-order valence-electron chi connectivity index (χ1n) is 9.08. The van der Waals surface area contributed by atoms with Crippen molar-refractivity contribution in [3.8, 4) is 17.0 Å².